The number of ether oxygens (including phenoxy) is 4. The van der Waals surface area contributed by atoms with Gasteiger partial charge in [-0.1, -0.05) is 0 Å². The van der Waals surface area contributed by atoms with Gasteiger partial charge in [0.25, 0.3) is 0 Å². The van der Waals surface area contributed by atoms with Crippen LogP contribution in [0.25, 0.3) is 31.8 Å². The molecule has 0 aliphatic heterocycles. The zero-order valence-electron chi connectivity index (χ0n) is 24.0. The SMILES string of the molecule is COc1cnc2c(-c3nc4cc(F)c(O[C@@H](C)[C@@H](C)OC(=O)Nc5cnc(O[C@H](C)CO)nc5)cc4s3)cc(C)cc2n1. The van der Waals surface area contributed by atoms with Crippen LogP contribution in [-0.4, -0.2) is 68.1 Å². The number of fused-ring (bicyclic) bond motifs is 2. The average molecular weight is 609 g/mol. The second kappa shape index (κ2) is 12.7. The minimum atomic E-state index is -0.766. The minimum Gasteiger partial charge on any atom is -0.484 e. The summed E-state index contributed by atoms with van der Waals surface area (Å²) in [5.74, 6) is -0.183. The number of methoxy groups -OCH3 is 1. The van der Waals surface area contributed by atoms with Gasteiger partial charge in [0, 0.05) is 17.7 Å². The second-order valence-electron chi connectivity index (χ2n) is 9.79. The van der Waals surface area contributed by atoms with E-state index in [4.69, 9.17) is 24.1 Å². The van der Waals surface area contributed by atoms with E-state index in [1.165, 1.54) is 36.9 Å². The molecule has 0 spiro atoms. The molecule has 3 heterocycles. The van der Waals surface area contributed by atoms with E-state index in [0.717, 1.165) is 11.1 Å². The molecule has 0 fully saturated rings. The predicted octanol–water partition coefficient (Wildman–Crippen LogP) is 5.32. The first kappa shape index (κ1) is 29.8. The number of rotatable bonds is 10. The number of aliphatic hydroxyl groups excluding tert-OH is 1. The van der Waals surface area contributed by atoms with E-state index < -0.39 is 30.2 Å². The molecule has 5 aromatic rings. The molecule has 0 unspecified atom stereocenters. The highest BCUT2D eigenvalue weighted by atomic mass is 32.1. The fourth-order valence-corrected chi connectivity index (χ4v) is 5.00. The van der Waals surface area contributed by atoms with E-state index in [0.29, 0.717) is 32.1 Å². The number of hydrogen-bond acceptors (Lipinski definition) is 12. The Hall–Kier alpha value is -4.69. The normalized spacial score (nSPS) is 13.4. The quantitative estimate of drug-likeness (QED) is 0.212. The van der Waals surface area contributed by atoms with Gasteiger partial charge < -0.3 is 24.1 Å². The second-order valence-corrected chi connectivity index (χ2v) is 10.8. The van der Waals surface area contributed by atoms with E-state index in [2.05, 4.69) is 30.2 Å². The number of anilines is 1. The maximum atomic E-state index is 15.1. The summed E-state index contributed by atoms with van der Waals surface area (Å²) in [5, 5.41) is 12.2. The number of carbonyl (C=O) groups is 1. The first-order valence-electron chi connectivity index (χ1n) is 13.3. The highest BCUT2D eigenvalue weighted by Crippen LogP contribution is 2.37. The number of carbonyl (C=O) groups excluding carboxylic acids is 1. The Labute approximate surface area is 249 Å². The van der Waals surface area contributed by atoms with Gasteiger partial charge in [0.2, 0.25) is 5.88 Å². The lowest BCUT2D eigenvalue weighted by molar-refractivity contribution is 0.0402. The fraction of sp³-hybridized carbons (Fsp3) is 0.310. The van der Waals surface area contributed by atoms with Crippen molar-refractivity contribution in [1.82, 2.24) is 24.9 Å². The molecule has 5 rings (SSSR count). The molecule has 2 aromatic carbocycles. The maximum absolute atomic E-state index is 15.1. The summed E-state index contributed by atoms with van der Waals surface area (Å²) in [6.07, 6.45) is 1.56. The van der Waals surface area contributed by atoms with Gasteiger partial charge in [0.05, 0.1) is 59.2 Å². The van der Waals surface area contributed by atoms with E-state index in [9.17, 15) is 4.79 Å². The summed E-state index contributed by atoms with van der Waals surface area (Å²) >= 11 is 1.37. The van der Waals surface area contributed by atoms with Crippen molar-refractivity contribution in [2.24, 2.45) is 0 Å². The van der Waals surface area contributed by atoms with Crippen molar-refractivity contribution in [2.75, 3.05) is 19.0 Å². The lowest BCUT2D eigenvalue weighted by Crippen LogP contribution is -2.32. The smallest absolute Gasteiger partial charge is 0.412 e. The molecular formula is C29H29FN6O6S. The van der Waals surface area contributed by atoms with E-state index >= 15 is 4.39 Å². The highest BCUT2D eigenvalue weighted by Gasteiger charge is 2.22. The van der Waals surface area contributed by atoms with Crippen LogP contribution in [0.4, 0.5) is 14.9 Å². The number of thiazole rings is 1. The maximum Gasteiger partial charge on any atom is 0.412 e. The van der Waals surface area contributed by atoms with Gasteiger partial charge in [-0.25, -0.2) is 34.1 Å². The van der Waals surface area contributed by atoms with Gasteiger partial charge >= 0.3 is 12.1 Å². The Morgan fingerprint density at radius 1 is 1.00 bits per heavy atom. The first-order chi connectivity index (χ1) is 20.6. The third kappa shape index (κ3) is 6.87. The molecule has 0 saturated heterocycles. The van der Waals surface area contributed by atoms with Crippen molar-refractivity contribution < 1.29 is 33.2 Å². The minimum absolute atomic E-state index is 0.00535. The Kier molecular flexibility index (Phi) is 8.78. The summed E-state index contributed by atoms with van der Waals surface area (Å²) in [6.45, 7) is 6.73. The molecule has 1 amide bonds. The molecule has 0 aliphatic rings. The summed E-state index contributed by atoms with van der Waals surface area (Å²) in [6, 6.07) is 6.84. The standard InChI is InChI=1S/C29H29FN6O6S/c1-14-6-19(26-22(7-14)35-25(39-5)12-31-26)27-36-21-8-20(30)23(9-24(21)43-27)41-16(3)17(4)42-29(38)34-18-10-32-28(33-11-18)40-15(2)13-37/h6-12,15-17,37H,13H2,1-5H3,(H,34,38)/t15-,16+,17-/m1/s1. The Balaban J connectivity index is 1.27. The fourth-order valence-electron chi connectivity index (χ4n) is 4.01. The molecule has 14 heteroatoms. The van der Waals surface area contributed by atoms with Crippen LogP contribution >= 0.6 is 11.3 Å². The van der Waals surface area contributed by atoms with Gasteiger partial charge in [0.15, 0.2) is 11.6 Å². The number of benzene rings is 2. The average Bonchev–Trinajstić information content (AvgIpc) is 3.39. The molecule has 0 aliphatic carbocycles. The van der Waals surface area contributed by atoms with Crippen LogP contribution in [0.3, 0.4) is 0 Å². The third-order valence-electron chi connectivity index (χ3n) is 6.36. The van der Waals surface area contributed by atoms with E-state index in [1.807, 2.05) is 19.1 Å². The zero-order chi connectivity index (χ0) is 30.7. The Morgan fingerprint density at radius 2 is 1.77 bits per heavy atom. The topological polar surface area (TPSA) is 151 Å². The van der Waals surface area contributed by atoms with E-state index in [1.54, 1.807) is 33.0 Å². The van der Waals surface area contributed by atoms with Crippen molar-refractivity contribution in [1.29, 1.82) is 0 Å². The number of nitrogens with one attached hydrogen (secondary N) is 1. The molecular weight excluding hydrogens is 579 g/mol. The van der Waals surface area contributed by atoms with Crippen molar-refractivity contribution in [3.63, 3.8) is 0 Å². The number of nitrogens with zero attached hydrogens (tertiary/aromatic N) is 5. The van der Waals surface area contributed by atoms with Gasteiger partial charge in [-0.05, 0) is 45.4 Å². The number of halogens is 1. The summed E-state index contributed by atoms with van der Waals surface area (Å²) in [4.78, 5) is 34.0. The van der Waals surface area contributed by atoms with Crippen LogP contribution in [0.15, 0.2) is 42.9 Å². The number of aryl methyl sites for hydroxylation is 1. The molecule has 0 saturated carbocycles. The molecule has 0 radical (unpaired) electrons. The number of hydrogen-bond donors (Lipinski definition) is 2. The largest absolute Gasteiger partial charge is 0.484 e. The van der Waals surface area contributed by atoms with Crippen LogP contribution < -0.4 is 19.5 Å². The number of aromatic nitrogens is 5. The molecule has 3 aromatic heterocycles. The number of amides is 1. The van der Waals surface area contributed by atoms with Gasteiger partial charge in [-0.3, -0.25) is 5.32 Å². The van der Waals surface area contributed by atoms with Crippen LogP contribution in [0.5, 0.6) is 17.6 Å². The molecule has 3 atom stereocenters. The highest BCUT2D eigenvalue weighted by molar-refractivity contribution is 7.21. The zero-order valence-corrected chi connectivity index (χ0v) is 24.8. The van der Waals surface area contributed by atoms with Gasteiger partial charge in [-0.15, -0.1) is 11.3 Å². The van der Waals surface area contributed by atoms with Crippen LogP contribution in [0.1, 0.15) is 26.3 Å². The summed E-state index contributed by atoms with van der Waals surface area (Å²) in [7, 11) is 1.53. The van der Waals surface area contributed by atoms with Crippen LogP contribution in [0, 0.1) is 12.7 Å². The Bertz CT molecular complexity index is 1770. The molecule has 43 heavy (non-hydrogen) atoms. The predicted molar refractivity (Wildman–Crippen MR) is 158 cm³/mol. The van der Waals surface area contributed by atoms with Crippen LogP contribution in [-0.2, 0) is 4.74 Å². The molecule has 12 nitrogen and oxygen atoms in total. The van der Waals surface area contributed by atoms with Crippen molar-refractivity contribution >= 4 is 44.4 Å². The van der Waals surface area contributed by atoms with Crippen molar-refractivity contribution in [2.45, 2.75) is 46.0 Å². The third-order valence-corrected chi connectivity index (χ3v) is 7.41. The monoisotopic (exact) mass is 608 g/mol. The lowest BCUT2D eigenvalue weighted by atomic mass is 10.1. The first-order valence-corrected chi connectivity index (χ1v) is 14.1. The van der Waals surface area contributed by atoms with Gasteiger partial charge in [0.1, 0.15) is 23.3 Å². The van der Waals surface area contributed by atoms with Gasteiger partial charge in [-0.2, -0.15) is 0 Å². The summed E-state index contributed by atoms with van der Waals surface area (Å²) in [5.41, 5.74) is 3.83. The van der Waals surface area contributed by atoms with E-state index in [-0.39, 0.29) is 24.1 Å². The van der Waals surface area contributed by atoms with Crippen LogP contribution in [0.2, 0.25) is 0 Å². The summed E-state index contributed by atoms with van der Waals surface area (Å²) < 4.78 is 37.6. The molecule has 224 valence electrons. The Morgan fingerprint density at radius 3 is 2.49 bits per heavy atom. The number of aliphatic hydroxyl groups is 1. The molecule has 2 N–H and O–H groups in total. The van der Waals surface area contributed by atoms with Crippen molar-refractivity contribution in [3.05, 3.63) is 54.2 Å². The lowest BCUT2D eigenvalue weighted by Gasteiger charge is -2.22. The molecule has 0 bridgehead atoms. The van der Waals surface area contributed by atoms with Crippen molar-refractivity contribution in [3.8, 4) is 28.2 Å².